The molecule has 0 spiro atoms. The molecule has 4 aromatic rings. The molecule has 0 aliphatic carbocycles. The van der Waals surface area contributed by atoms with E-state index in [1.807, 2.05) is 17.6 Å². The van der Waals surface area contributed by atoms with Gasteiger partial charge in [0.1, 0.15) is 0 Å². The first-order valence-electron chi connectivity index (χ1n) is 6.21. The second-order valence-corrected chi connectivity index (χ2v) is 7.33. The molecule has 0 saturated heterocycles. The predicted molar refractivity (Wildman–Crippen MR) is 84.9 cm³/mol. The highest BCUT2D eigenvalue weighted by atomic mass is 79.9. The van der Waals surface area contributed by atoms with Crippen LogP contribution >= 0.6 is 27.3 Å². The molecule has 4 rings (SSSR count). The second kappa shape index (κ2) is 4.17. The molecule has 0 aromatic carbocycles. The SMILES string of the molecule is Cc1cn2nc(-n3cc4cc(Br)sc4c3)cc(C)c2n1. The predicted octanol–water partition coefficient (Wildman–Crippen LogP) is 4.11. The molecule has 6 heteroatoms. The van der Waals surface area contributed by atoms with Crippen molar-refractivity contribution in [2.24, 2.45) is 0 Å². The summed E-state index contributed by atoms with van der Waals surface area (Å²) in [6.07, 6.45) is 6.17. The summed E-state index contributed by atoms with van der Waals surface area (Å²) in [7, 11) is 0. The lowest BCUT2D eigenvalue weighted by molar-refractivity contribution is 0.863. The van der Waals surface area contributed by atoms with Gasteiger partial charge in [0, 0.05) is 17.8 Å². The van der Waals surface area contributed by atoms with E-state index in [1.54, 1.807) is 11.3 Å². The Kier molecular flexibility index (Phi) is 2.52. The molecule has 4 nitrogen and oxygen atoms in total. The smallest absolute Gasteiger partial charge is 0.158 e. The maximum absolute atomic E-state index is 4.63. The molecular formula is C14H11BrN4S. The van der Waals surface area contributed by atoms with Crippen LogP contribution in [0.4, 0.5) is 0 Å². The van der Waals surface area contributed by atoms with Crippen LogP contribution in [0, 0.1) is 13.8 Å². The number of rotatable bonds is 1. The Labute approximate surface area is 127 Å². The van der Waals surface area contributed by atoms with Gasteiger partial charge in [-0.3, -0.25) is 0 Å². The molecule has 0 amide bonds. The van der Waals surface area contributed by atoms with Gasteiger partial charge >= 0.3 is 0 Å². The molecule has 4 aromatic heterocycles. The Bertz CT molecular complexity index is 915. The van der Waals surface area contributed by atoms with Crippen molar-refractivity contribution in [1.82, 2.24) is 19.2 Å². The summed E-state index contributed by atoms with van der Waals surface area (Å²) in [6, 6.07) is 4.20. The van der Waals surface area contributed by atoms with Crippen molar-refractivity contribution in [2.45, 2.75) is 13.8 Å². The third-order valence-corrected chi connectivity index (χ3v) is 4.87. The van der Waals surface area contributed by atoms with Crippen LogP contribution in [0.3, 0.4) is 0 Å². The van der Waals surface area contributed by atoms with E-state index in [0.717, 1.165) is 26.5 Å². The van der Waals surface area contributed by atoms with Gasteiger partial charge < -0.3 is 4.57 Å². The minimum absolute atomic E-state index is 0.909. The first-order chi connectivity index (χ1) is 9.60. The minimum atomic E-state index is 0.909. The lowest BCUT2D eigenvalue weighted by Gasteiger charge is -2.04. The summed E-state index contributed by atoms with van der Waals surface area (Å²) in [5.41, 5.74) is 3.03. The van der Waals surface area contributed by atoms with Gasteiger partial charge in [0.15, 0.2) is 11.5 Å². The number of halogens is 1. The zero-order valence-corrected chi connectivity index (χ0v) is 13.4. The van der Waals surface area contributed by atoms with Crippen LogP contribution in [0.1, 0.15) is 11.3 Å². The number of nitrogens with zero attached hydrogens (tertiary/aromatic N) is 4. The number of fused-ring (bicyclic) bond motifs is 2. The molecule has 20 heavy (non-hydrogen) atoms. The quantitative estimate of drug-likeness (QED) is 0.519. The third-order valence-electron chi connectivity index (χ3n) is 3.28. The lowest BCUT2D eigenvalue weighted by atomic mass is 10.3. The largest absolute Gasteiger partial charge is 0.305 e. The van der Waals surface area contributed by atoms with Crippen molar-refractivity contribution in [3.05, 3.63) is 45.8 Å². The molecule has 0 aliphatic heterocycles. The zero-order valence-electron chi connectivity index (χ0n) is 11.0. The van der Waals surface area contributed by atoms with Crippen LogP contribution in [-0.2, 0) is 0 Å². The molecule has 0 unspecified atom stereocenters. The molecule has 4 heterocycles. The summed E-state index contributed by atoms with van der Waals surface area (Å²) in [5, 5.41) is 5.86. The summed E-state index contributed by atoms with van der Waals surface area (Å²) < 4.78 is 6.32. The minimum Gasteiger partial charge on any atom is -0.305 e. The first-order valence-corrected chi connectivity index (χ1v) is 7.82. The zero-order chi connectivity index (χ0) is 13.9. The molecule has 0 radical (unpaired) electrons. The van der Waals surface area contributed by atoms with Crippen molar-refractivity contribution in [1.29, 1.82) is 0 Å². The highest BCUT2D eigenvalue weighted by Crippen LogP contribution is 2.31. The van der Waals surface area contributed by atoms with Gasteiger partial charge in [0.25, 0.3) is 0 Å². The number of aromatic nitrogens is 4. The fourth-order valence-corrected chi connectivity index (χ4v) is 3.95. The molecular weight excluding hydrogens is 336 g/mol. The topological polar surface area (TPSA) is 35.1 Å². The second-order valence-electron chi connectivity index (χ2n) is 4.87. The summed E-state index contributed by atoms with van der Waals surface area (Å²) in [6.45, 7) is 4.05. The summed E-state index contributed by atoms with van der Waals surface area (Å²) >= 11 is 5.24. The van der Waals surface area contributed by atoms with Gasteiger partial charge in [0.2, 0.25) is 0 Å². The van der Waals surface area contributed by atoms with Crippen molar-refractivity contribution >= 4 is 43.0 Å². The maximum Gasteiger partial charge on any atom is 0.158 e. The monoisotopic (exact) mass is 346 g/mol. The van der Waals surface area contributed by atoms with Crippen molar-refractivity contribution in [2.75, 3.05) is 0 Å². The van der Waals surface area contributed by atoms with Crippen LogP contribution in [-0.4, -0.2) is 19.2 Å². The van der Waals surface area contributed by atoms with Crippen LogP contribution in [0.15, 0.2) is 34.5 Å². The average Bonchev–Trinajstić information content (AvgIpc) is 3.00. The van der Waals surface area contributed by atoms with Gasteiger partial charge in [-0.2, -0.15) is 0 Å². The van der Waals surface area contributed by atoms with E-state index < -0.39 is 0 Å². The van der Waals surface area contributed by atoms with Gasteiger partial charge in [-0.15, -0.1) is 16.4 Å². The Morgan fingerprint density at radius 1 is 1.15 bits per heavy atom. The number of hydrogen-bond donors (Lipinski definition) is 0. The van der Waals surface area contributed by atoms with E-state index in [4.69, 9.17) is 0 Å². The Morgan fingerprint density at radius 3 is 2.80 bits per heavy atom. The molecule has 0 saturated carbocycles. The number of thiophene rings is 1. The molecule has 0 fully saturated rings. The van der Waals surface area contributed by atoms with Gasteiger partial charge in [-0.05, 0) is 47.5 Å². The van der Waals surface area contributed by atoms with Gasteiger partial charge in [-0.25, -0.2) is 9.50 Å². The fraction of sp³-hybridized carbons (Fsp3) is 0.143. The van der Waals surface area contributed by atoms with Gasteiger partial charge in [-0.1, -0.05) is 0 Å². The number of aryl methyl sites for hydroxylation is 2. The van der Waals surface area contributed by atoms with Crippen molar-refractivity contribution in [3.63, 3.8) is 0 Å². The van der Waals surface area contributed by atoms with Crippen molar-refractivity contribution < 1.29 is 0 Å². The van der Waals surface area contributed by atoms with E-state index in [1.165, 1.54) is 10.1 Å². The molecule has 0 bridgehead atoms. The van der Waals surface area contributed by atoms with Crippen LogP contribution in [0.5, 0.6) is 0 Å². The van der Waals surface area contributed by atoms with Gasteiger partial charge in [0.05, 0.1) is 20.4 Å². The number of imidazole rings is 1. The first kappa shape index (κ1) is 12.1. The highest BCUT2D eigenvalue weighted by molar-refractivity contribution is 9.11. The lowest BCUT2D eigenvalue weighted by Crippen LogP contribution is -2.01. The molecule has 0 N–H and O–H groups in total. The Balaban J connectivity index is 1.93. The summed E-state index contributed by atoms with van der Waals surface area (Å²) in [5.74, 6) is 0.909. The van der Waals surface area contributed by atoms with Crippen LogP contribution in [0.25, 0.3) is 21.6 Å². The maximum atomic E-state index is 4.63. The van der Waals surface area contributed by atoms with E-state index in [0.29, 0.717) is 0 Å². The molecule has 0 atom stereocenters. The van der Waals surface area contributed by atoms with E-state index >= 15 is 0 Å². The van der Waals surface area contributed by atoms with E-state index in [9.17, 15) is 0 Å². The summed E-state index contributed by atoms with van der Waals surface area (Å²) in [4.78, 5) is 4.48. The molecule has 0 aliphatic rings. The number of hydrogen-bond acceptors (Lipinski definition) is 3. The Morgan fingerprint density at radius 2 is 2.00 bits per heavy atom. The Hall–Kier alpha value is -1.66. The normalized spacial score (nSPS) is 11.8. The van der Waals surface area contributed by atoms with Crippen LogP contribution < -0.4 is 0 Å². The fourth-order valence-electron chi connectivity index (χ4n) is 2.39. The standard InChI is InChI=1S/C14H11BrN4S/c1-8-3-13(17-19-5-9(2)16-14(8)19)18-6-10-4-12(15)20-11(10)7-18/h3-7H,1-2H3. The van der Waals surface area contributed by atoms with Crippen LogP contribution in [0.2, 0.25) is 0 Å². The van der Waals surface area contributed by atoms with E-state index in [-0.39, 0.29) is 0 Å². The average molecular weight is 347 g/mol. The molecule has 100 valence electrons. The van der Waals surface area contributed by atoms with Crippen molar-refractivity contribution in [3.8, 4) is 5.82 Å². The highest BCUT2D eigenvalue weighted by Gasteiger charge is 2.09. The third kappa shape index (κ3) is 1.79. The van der Waals surface area contributed by atoms with E-state index in [2.05, 4.69) is 62.0 Å².